The third-order valence-corrected chi connectivity index (χ3v) is 9.20. The molecule has 0 amide bonds. The lowest BCUT2D eigenvalue weighted by molar-refractivity contribution is -0.217. The summed E-state index contributed by atoms with van der Waals surface area (Å²) in [7, 11) is -3.87. The maximum atomic E-state index is 16.9. The van der Waals surface area contributed by atoms with Crippen LogP contribution in [0.3, 0.4) is 0 Å². The average Bonchev–Trinajstić information content (AvgIpc) is 2.93. The quantitative estimate of drug-likeness (QED) is 0.618. The molecule has 2 N–H and O–H groups in total. The number of ketones is 2. The van der Waals surface area contributed by atoms with Gasteiger partial charge < -0.3 is 10.2 Å². The van der Waals surface area contributed by atoms with Gasteiger partial charge in [0.05, 0.1) is 12.4 Å². The molecule has 0 saturated heterocycles. The number of allylic oxidation sites excluding steroid dienone is 4. The molecular weight excluding hydrogens is 427 g/mol. The number of aliphatic hydroxyl groups excluding tert-OH is 1. The highest BCUT2D eigenvalue weighted by Gasteiger charge is 2.74. The van der Waals surface area contributed by atoms with Crippen LogP contribution in [0.15, 0.2) is 23.8 Å². The van der Waals surface area contributed by atoms with Crippen LogP contribution in [0.5, 0.6) is 0 Å². The van der Waals surface area contributed by atoms with Gasteiger partial charge in [0.1, 0.15) is 12.2 Å². The largest absolute Gasteiger partial charge is 0.390 e. The molecular formula is C22H29FO7S. The molecule has 7 nitrogen and oxygen atoms in total. The molecule has 0 radical (unpaired) electrons. The summed E-state index contributed by atoms with van der Waals surface area (Å²) >= 11 is 0. The Morgan fingerprint density at radius 2 is 1.97 bits per heavy atom. The van der Waals surface area contributed by atoms with E-state index >= 15 is 4.39 Å². The number of aliphatic hydroxyl groups is 2. The van der Waals surface area contributed by atoms with Crippen LogP contribution in [0.2, 0.25) is 0 Å². The van der Waals surface area contributed by atoms with Crippen molar-refractivity contribution < 1.29 is 36.8 Å². The molecule has 0 spiro atoms. The Hall–Kier alpha value is -1.42. The zero-order valence-electron chi connectivity index (χ0n) is 17.9. The predicted molar refractivity (Wildman–Crippen MR) is 109 cm³/mol. The Balaban J connectivity index is 1.71. The van der Waals surface area contributed by atoms with Gasteiger partial charge in [-0.15, -0.1) is 0 Å². The Morgan fingerprint density at radius 3 is 2.61 bits per heavy atom. The molecule has 4 aliphatic rings. The molecule has 31 heavy (non-hydrogen) atoms. The monoisotopic (exact) mass is 456 g/mol. The van der Waals surface area contributed by atoms with Crippen molar-refractivity contribution >= 4 is 21.7 Å². The van der Waals surface area contributed by atoms with Gasteiger partial charge in [-0.2, -0.15) is 8.42 Å². The minimum absolute atomic E-state index is 0.0488. The number of carbonyl (C=O) groups excluding carboxylic acids is 2. The van der Waals surface area contributed by atoms with Crippen molar-refractivity contribution in [1.82, 2.24) is 0 Å². The fraction of sp³-hybridized carbons (Fsp3) is 0.727. The Morgan fingerprint density at radius 1 is 1.29 bits per heavy atom. The van der Waals surface area contributed by atoms with E-state index in [4.69, 9.17) is 0 Å². The van der Waals surface area contributed by atoms with E-state index in [-0.39, 0.29) is 18.6 Å². The summed E-state index contributed by atoms with van der Waals surface area (Å²) in [5.74, 6) is -1.99. The highest BCUT2D eigenvalue weighted by Crippen LogP contribution is 2.69. The Bertz CT molecular complexity index is 1000. The Kier molecular flexibility index (Phi) is 4.99. The van der Waals surface area contributed by atoms with Crippen LogP contribution in [0.1, 0.15) is 46.0 Å². The summed E-state index contributed by atoms with van der Waals surface area (Å²) in [6.45, 7) is 2.58. The van der Waals surface area contributed by atoms with E-state index in [1.807, 2.05) is 0 Å². The van der Waals surface area contributed by atoms with Crippen LogP contribution in [-0.4, -0.2) is 60.4 Å². The predicted octanol–water partition coefficient (Wildman–Crippen LogP) is 1.63. The molecule has 9 heteroatoms. The van der Waals surface area contributed by atoms with Gasteiger partial charge in [0.2, 0.25) is 0 Å². The van der Waals surface area contributed by atoms with E-state index in [1.54, 1.807) is 19.9 Å². The molecule has 0 heterocycles. The normalized spacial score (nSPS) is 46.7. The first-order valence-electron chi connectivity index (χ1n) is 10.6. The van der Waals surface area contributed by atoms with Crippen LogP contribution in [0.25, 0.3) is 0 Å². The summed E-state index contributed by atoms with van der Waals surface area (Å²) in [5, 5.41) is 22.6. The van der Waals surface area contributed by atoms with E-state index in [9.17, 15) is 28.2 Å². The van der Waals surface area contributed by atoms with Crippen molar-refractivity contribution in [3.8, 4) is 0 Å². The minimum Gasteiger partial charge on any atom is -0.390 e. The van der Waals surface area contributed by atoms with Crippen molar-refractivity contribution in [2.24, 2.45) is 22.7 Å². The van der Waals surface area contributed by atoms with Crippen LogP contribution >= 0.6 is 0 Å². The van der Waals surface area contributed by atoms with Crippen molar-refractivity contribution in [2.75, 3.05) is 12.9 Å². The van der Waals surface area contributed by atoms with Gasteiger partial charge in [-0.3, -0.25) is 13.8 Å². The third kappa shape index (κ3) is 2.96. The molecule has 0 bridgehead atoms. The number of hydrogen-bond acceptors (Lipinski definition) is 7. The molecule has 4 aliphatic carbocycles. The molecule has 3 fully saturated rings. The Labute approximate surface area is 181 Å². The summed E-state index contributed by atoms with van der Waals surface area (Å²) < 4.78 is 44.1. The number of Topliss-reactive ketones (excluding diaryl/α,β-unsaturated/α-hetero) is 1. The zero-order valence-corrected chi connectivity index (χ0v) is 18.7. The molecule has 0 aromatic carbocycles. The molecule has 0 aromatic rings. The van der Waals surface area contributed by atoms with Crippen LogP contribution in [-0.2, 0) is 23.9 Å². The first-order valence-corrected chi connectivity index (χ1v) is 12.4. The third-order valence-electron chi connectivity index (χ3n) is 8.66. The topological polar surface area (TPSA) is 118 Å². The first-order chi connectivity index (χ1) is 14.2. The zero-order chi connectivity index (χ0) is 23.0. The molecule has 172 valence electrons. The average molecular weight is 457 g/mol. The minimum atomic E-state index is -3.87. The SMILES string of the molecule is C[C@]12C=CC(=O)C=C1CC[C@H]1[C@@H]3CC[C@](O)(C(=O)COS(C)(=O)=O)[C@@]3(C)C[C@H](O)C12F. The number of rotatable bonds is 4. The van der Waals surface area contributed by atoms with E-state index in [1.165, 1.54) is 12.2 Å². The van der Waals surface area contributed by atoms with Gasteiger partial charge in [0.15, 0.2) is 17.2 Å². The lowest BCUT2D eigenvalue weighted by atomic mass is 9.44. The highest BCUT2D eigenvalue weighted by molar-refractivity contribution is 7.86. The second-order valence-electron chi connectivity index (χ2n) is 10.1. The lowest BCUT2D eigenvalue weighted by Crippen LogP contribution is -2.69. The second kappa shape index (κ2) is 6.79. The summed E-state index contributed by atoms with van der Waals surface area (Å²) in [5.41, 5.74) is -5.58. The van der Waals surface area contributed by atoms with Crippen molar-refractivity contribution in [1.29, 1.82) is 0 Å². The number of carbonyl (C=O) groups is 2. The maximum absolute atomic E-state index is 16.9. The van der Waals surface area contributed by atoms with Gasteiger partial charge in [0, 0.05) is 16.7 Å². The van der Waals surface area contributed by atoms with Gasteiger partial charge in [-0.05, 0) is 57.1 Å². The standard InChI is InChI=1S/C22H29FO7S/c1-19-8-6-14(24)10-13(19)4-5-16-15-7-9-21(27,18(26)12-30-31(3,28)29)20(15,2)11-17(25)22(16,19)23/h6,8,10,15-17,25,27H,4-5,7,9,11-12H2,1-3H3/t15-,16-,17-,19-,20-,21-,22?/m0/s1. The summed E-state index contributed by atoms with van der Waals surface area (Å²) in [6.07, 6.45) is 4.84. The van der Waals surface area contributed by atoms with E-state index < -0.39 is 62.5 Å². The molecule has 0 aliphatic heterocycles. The maximum Gasteiger partial charge on any atom is 0.264 e. The highest BCUT2D eigenvalue weighted by atomic mass is 32.2. The smallest absolute Gasteiger partial charge is 0.264 e. The summed E-state index contributed by atoms with van der Waals surface area (Å²) in [6, 6.07) is 0. The molecule has 1 unspecified atom stereocenters. The first kappa shape index (κ1) is 22.8. The van der Waals surface area contributed by atoms with E-state index in [0.29, 0.717) is 24.8 Å². The van der Waals surface area contributed by atoms with Gasteiger partial charge in [-0.1, -0.05) is 18.6 Å². The van der Waals surface area contributed by atoms with Crippen molar-refractivity contribution in [3.05, 3.63) is 23.8 Å². The van der Waals surface area contributed by atoms with E-state index in [0.717, 1.165) is 6.26 Å². The molecule has 0 aromatic heterocycles. The van der Waals surface area contributed by atoms with Crippen LogP contribution < -0.4 is 0 Å². The van der Waals surface area contributed by atoms with Gasteiger partial charge in [0.25, 0.3) is 10.1 Å². The van der Waals surface area contributed by atoms with Gasteiger partial charge >= 0.3 is 0 Å². The fourth-order valence-corrected chi connectivity index (χ4v) is 7.27. The van der Waals surface area contributed by atoms with Crippen molar-refractivity contribution in [3.63, 3.8) is 0 Å². The fourth-order valence-electron chi connectivity index (χ4n) is 6.95. The van der Waals surface area contributed by atoms with Crippen molar-refractivity contribution in [2.45, 2.75) is 63.3 Å². The number of fused-ring (bicyclic) bond motifs is 5. The molecule has 3 saturated carbocycles. The number of alkyl halides is 1. The molecule has 7 atom stereocenters. The van der Waals surface area contributed by atoms with E-state index in [2.05, 4.69) is 4.18 Å². The summed E-state index contributed by atoms with van der Waals surface area (Å²) in [4.78, 5) is 24.7. The van der Waals surface area contributed by atoms with Crippen LogP contribution in [0, 0.1) is 22.7 Å². The molecule has 4 rings (SSSR count). The number of hydrogen-bond donors (Lipinski definition) is 2. The number of halogens is 1. The van der Waals surface area contributed by atoms with Gasteiger partial charge in [-0.25, -0.2) is 4.39 Å². The lowest BCUT2D eigenvalue weighted by Gasteiger charge is -2.62. The van der Waals surface area contributed by atoms with Crippen LogP contribution in [0.4, 0.5) is 4.39 Å². The second-order valence-corrected chi connectivity index (χ2v) is 11.7.